The molecule has 1 saturated carbocycles. The molecule has 3 rings (SSSR count). The normalized spacial score (nSPS) is 35.8. The summed E-state index contributed by atoms with van der Waals surface area (Å²) in [5.41, 5.74) is 0. The van der Waals surface area contributed by atoms with Crippen LogP contribution in [0.5, 0.6) is 0 Å². The summed E-state index contributed by atoms with van der Waals surface area (Å²) in [7, 11) is 0. The summed E-state index contributed by atoms with van der Waals surface area (Å²) in [6.45, 7) is 2.41. The quantitative estimate of drug-likeness (QED) is 0.738. The van der Waals surface area contributed by atoms with Gasteiger partial charge in [-0.1, -0.05) is 12.8 Å². The van der Waals surface area contributed by atoms with E-state index in [9.17, 15) is 4.79 Å². The largest absolute Gasteiger partial charge is 0.366 e. The summed E-state index contributed by atoms with van der Waals surface area (Å²) in [5, 5.41) is 3.37. The lowest BCUT2D eigenvalue weighted by Crippen LogP contribution is -2.60. The van der Waals surface area contributed by atoms with Gasteiger partial charge in [-0.15, -0.1) is 0 Å². The fourth-order valence-electron chi connectivity index (χ4n) is 3.59. The van der Waals surface area contributed by atoms with Crippen LogP contribution in [0.4, 0.5) is 0 Å². The minimum absolute atomic E-state index is 0.222. The van der Waals surface area contributed by atoms with E-state index in [1.165, 1.54) is 12.8 Å². The Labute approximate surface area is 103 Å². The van der Waals surface area contributed by atoms with Gasteiger partial charge in [-0.2, -0.15) is 0 Å². The molecule has 3 aliphatic rings. The Morgan fingerprint density at radius 2 is 1.88 bits per heavy atom. The molecule has 3 fully saturated rings. The molecule has 0 radical (unpaired) electrons. The molecule has 0 spiro atoms. The minimum atomic E-state index is 0.222. The number of carbonyl (C=O) groups is 1. The summed E-state index contributed by atoms with van der Waals surface area (Å²) in [4.78, 5) is 14.3. The van der Waals surface area contributed by atoms with Crippen molar-refractivity contribution in [2.24, 2.45) is 0 Å². The average Bonchev–Trinajstić information content (AvgIpc) is 2.39. The van der Waals surface area contributed by atoms with E-state index >= 15 is 0 Å². The third kappa shape index (κ3) is 2.20. The molecule has 2 aliphatic heterocycles. The van der Waals surface area contributed by atoms with Crippen molar-refractivity contribution in [1.29, 1.82) is 0 Å². The molecule has 17 heavy (non-hydrogen) atoms. The molecule has 1 amide bonds. The summed E-state index contributed by atoms with van der Waals surface area (Å²) in [5.74, 6) is 0.222. The number of carbonyl (C=O) groups excluding carboxylic acids is 1. The van der Waals surface area contributed by atoms with Gasteiger partial charge in [-0.05, 0) is 38.8 Å². The first-order valence-corrected chi connectivity index (χ1v) is 7.00. The Morgan fingerprint density at radius 3 is 2.71 bits per heavy atom. The first kappa shape index (κ1) is 11.5. The standard InChI is InChI=1S/C13H22N2O2/c16-13-9-17-12-4-2-1-3-11(12)15(13)10-5-7-14-8-6-10/h10-12,14H,1-9H2/t11-,12+/m1/s1. The Morgan fingerprint density at radius 1 is 1.12 bits per heavy atom. The Bertz CT molecular complexity index is 289. The molecule has 96 valence electrons. The van der Waals surface area contributed by atoms with Crippen molar-refractivity contribution in [3.8, 4) is 0 Å². The van der Waals surface area contributed by atoms with Crippen LogP contribution in [-0.4, -0.2) is 48.7 Å². The maximum Gasteiger partial charge on any atom is 0.249 e. The number of hydrogen-bond donors (Lipinski definition) is 1. The Hall–Kier alpha value is -0.610. The maximum absolute atomic E-state index is 12.1. The molecule has 4 heteroatoms. The number of rotatable bonds is 1. The predicted octanol–water partition coefficient (Wildman–Crippen LogP) is 0.908. The number of fused-ring (bicyclic) bond motifs is 1. The van der Waals surface area contributed by atoms with E-state index in [0.29, 0.717) is 24.8 Å². The van der Waals surface area contributed by atoms with Crippen molar-refractivity contribution >= 4 is 5.91 Å². The van der Waals surface area contributed by atoms with E-state index in [2.05, 4.69) is 10.2 Å². The number of hydrogen-bond acceptors (Lipinski definition) is 3. The van der Waals surface area contributed by atoms with Gasteiger partial charge in [0.1, 0.15) is 6.61 Å². The van der Waals surface area contributed by atoms with Crippen molar-refractivity contribution in [2.45, 2.75) is 56.7 Å². The van der Waals surface area contributed by atoms with Crippen LogP contribution in [0.2, 0.25) is 0 Å². The fourth-order valence-corrected chi connectivity index (χ4v) is 3.59. The number of morpholine rings is 1. The number of ether oxygens (including phenoxy) is 1. The van der Waals surface area contributed by atoms with Crippen LogP contribution in [0, 0.1) is 0 Å². The molecule has 2 heterocycles. The van der Waals surface area contributed by atoms with E-state index in [-0.39, 0.29) is 5.91 Å². The first-order chi connectivity index (χ1) is 8.36. The topological polar surface area (TPSA) is 41.6 Å². The van der Waals surface area contributed by atoms with Crippen LogP contribution in [-0.2, 0) is 9.53 Å². The molecule has 0 aromatic carbocycles. The molecule has 2 saturated heterocycles. The van der Waals surface area contributed by atoms with Gasteiger partial charge in [0.25, 0.3) is 0 Å². The second kappa shape index (κ2) is 4.94. The third-order valence-corrected chi connectivity index (χ3v) is 4.44. The smallest absolute Gasteiger partial charge is 0.249 e. The highest BCUT2D eigenvalue weighted by molar-refractivity contribution is 5.79. The van der Waals surface area contributed by atoms with E-state index in [1.54, 1.807) is 0 Å². The van der Waals surface area contributed by atoms with Gasteiger partial charge in [0.05, 0.1) is 12.1 Å². The van der Waals surface area contributed by atoms with Gasteiger partial charge in [-0.3, -0.25) is 4.79 Å². The van der Waals surface area contributed by atoms with Crippen molar-refractivity contribution in [2.75, 3.05) is 19.7 Å². The zero-order valence-corrected chi connectivity index (χ0v) is 10.4. The van der Waals surface area contributed by atoms with Crippen LogP contribution >= 0.6 is 0 Å². The zero-order chi connectivity index (χ0) is 11.7. The lowest BCUT2D eigenvalue weighted by molar-refractivity contribution is -0.166. The summed E-state index contributed by atoms with van der Waals surface area (Å²) >= 11 is 0. The number of amides is 1. The van der Waals surface area contributed by atoms with Gasteiger partial charge < -0.3 is 15.0 Å². The average molecular weight is 238 g/mol. The highest BCUT2D eigenvalue weighted by atomic mass is 16.5. The van der Waals surface area contributed by atoms with Gasteiger partial charge >= 0.3 is 0 Å². The number of nitrogens with zero attached hydrogens (tertiary/aromatic N) is 1. The molecular formula is C13H22N2O2. The molecule has 0 aromatic rings. The SMILES string of the molecule is O=C1CO[C@H]2CCCC[C@H]2N1C1CCNCC1. The van der Waals surface area contributed by atoms with E-state index in [4.69, 9.17) is 4.74 Å². The molecule has 0 unspecified atom stereocenters. The van der Waals surface area contributed by atoms with Crippen molar-refractivity contribution in [3.63, 3.8) is 0 Å². The molecule has 4 nitrogen and oxygen atoms in total. The van der Waals surface area contributed by atoms with Crippen LogP contribution in [0.3, 0.4) is 0 Å². The van der Waals surface area contributed by atoms with Crippen molar-refractivity contribution in [1.82, 2.24) is 10.2 Å². The fraction of sp³-hybridized carbons (Fsp3) is 0.923. The summed E-state index contributed by atoms with van der Waals surface area (Å²) < 4.78 is 5.71. The van der Waals surface area contributed by atoms with Gasteiger partial charge in [-0.25, -0.2) is 0 Å². The molecular weight excluding hydrogens is 216 g/mol. The Balaban J connectivity index is 1.75. The van der Waals surface area contributed by atoms with E-state index in [1.807, 2.05) is 0 Å². The van der Waals surface area contributed by atoms with Crippen LogP contribution in [0.1, 0.15) is 38.5 Å². The van der Waals surface area contributed by atoms with Gasteiger partial charge in [0, 0.05) is 6.04 Å². The monoisotopic (exact) mass is 238 g/mol. The van der Waals surface area contributed by atoms with Crippen LogP contribution in [0.25, 0.3) is 0 Å². The second-order valence-corrected chi connectivity index (χ2v) is 5.48. The second-order valence-electron chi connectivity index (χ2n) is 5.48. The lowest BCUT2D eigenvalue weighted by Gasteiger charge is -2.48. The van der Waals surface area contributed by atoms with Gasteiger partial charge in [0.15, 0.2) is 0 Å². The molecule has 1 aliphatic carbocycles. The van der Waals surface area contributed by atoms with Crippen LogP contribution < -0.4 is 5.32 Å². The third-order valence-electron chi connectivity index (χ3n) is 4.44. The Kier molecular flexibility index (Phi) is 3.34. The molecule has 0 bridgehead atoms. The first-order valence-electron chi connectivity index (χ1n) is 7.00. The molecule has 1 N–H and O–H groups in total. The molecule has 0 aromatic heterocycles. The van der Waals surface area contributed by atoms with Crippen molar-refractivity contribution < 1.29 is 9.53 Å². The minimum Gasteiger partial charge on any atom is -0.366 e. The summed E-state index contributed by atoms with van der Waals surface area (Å²) in [6.07, 6.45) is 7.31. The maximum atomic E-state index is 12.1. The highest BCUT2D eigenvalue weighted by Gasteiger charge is 2.41. The summed E-state index contributed by atoms with van der Waals surface area (Å²) in [6, 6.07) is 0.825. The highest BCUT2D eigenvalue weighted by Crippen LogP contribution is 2.31. The van der Waals surface area contributed by atoms with E-state index < -0.39 is 0 Å². The number of piperidine rings is 1. The van der Waals surface area contributed by atoms with Gasteiger partial charge in [0.2, 0.25) is 5.91 Å². The zero-order valence-electron chi connectivity index (χ0n) is 10.4. The number of nitrogens with one attached hydrogen (secondary N) is 1. The van der Waals surface area contributed by atoms with Crippen LogP contribution in [0.15, 0.2) is 0 Å². The predicted molar refractivity (Wildman–Crippen MR) is 64.7 cm³/mol. The molecule has 2 atom stereocenters. The lowest BCUT2D eigenvalue weighted by atomic mass is 9.88. The van der Waals surface area contributed by atoms with Crippen molar-refractivity contribution in [3.05, 3.63) is 0 Å². The van der Waals surface area contributed by atoms with E-state index in [0.717, 1.165) is 38.8 Å².